The van der Waals surface area contributed by atoms with Gasteiger partial charge in [-0.15, -0.1) is 0 Å². The first-order valence-electron chi connectivity index (χ1n) is 4.99. The maximum atomic E-state index is 5.13. The highest BCUT2D eigenvalue weighted by molar-refractivity contribution is 4.89. The average Bonchev–Trinajstić information content (AvgIpc) is 2.21. The van der Waals surface area contributed by atoms with Crippen LogP contribution < -0.4 is 5.32 Å². The highest BCUT2D eigenvalue weighted by atomic mass is 16.5. The largest absolute Gasteiger partial charge is 0.378 e. The molecule has 1 atom stereocenters. The van der Waals surface area contributed by atoms with Crippen molar-refractivity contribution >= 4 is 0 Å². The van der Waals surface area contributed by atoms with E-state index in [1.54, 1.807) is 0 Å². The van der Waals surface area contributed by atoms with Crippen LogP contribution in [0.3, 0.4) is 0 Å². The van der Waals surface area contributed by atoms with Gasteiger partial charge in [-0.3, -0.25) is 0 Å². The molecule has 2 fully saturated rings. The minimum Gasteiger partial charge on any atom is -0.378 e. The van der Waals surface area contributed by atoms with E-state index < -0.39 is 0 Å². The smallest absolute Gasteiger partial charge is 0.0643 e. The minimum atomic E-state index is 0.572. The van der Waals surface area contributed by atoms with Crippen molar-refractivity contribution in [1.29, 1.82) is 0 Å². The Balaban J connectivity index is 1.75. The fourth-order valence-corrected chi connectivity index (χ4v) is 2.24. The zero-order chi connectivity index (χ0) is 8.60. The van der Waals surface area contributed by atoms with Gasteiger partial charge in [0.15, 0.2) is 0 Å². The Morgan fingerprint density at radius 3 is 2.42 bits per heavy atom. The average molecular weight is 169 g/mol. The molecule has 12 heavy (non-hydrogen) atoms. The second kappa shape index (κ2) is 3.00. The summed E-state index contributed by atoms with van der Waals surface area (Å²) in [6.07, 6.45) is 4.06. The van der Waals surface area contributed by atoms with Crippen LogP contribution in [-0.4, -0.2) is 25.3 Å². The molecular weight excluding hydrogens is 150 g/mol. The highest BCUT2D eigenvalue weighted by Gasteiger charge is 2.33. The molecule has 0 radical (unpaired) electrons. The van der Waals surface area contributed by atoms with Crippen molar-refractivity contribution in [1.82, 2.24) is 5.32 Å². The summed E-state index contributed by atoms with van der Waals surface area (Å²) in [7, 11) is 0. The molecule has 0 aromatic carbocycles. The molecule has 70 valence electrons. The van der Waals surface area contributed by atoms with Gasteiger partial charge in [-0.1, -0.05) is 13.8 Å². The second-order valence-corrected chi connectivity index (χ2v) is 5.00. The standard InChI is InChI=1S/C10H19NO/c1-10(2)4-3-8(5-10)11-9-6-12-7-9/h8-9,11H,3-7H2,1-2H3. The molecule has 1 saturated heterocycles. The molecule has 0 aromatic heterocycles. The van der Waals surface area contributed by atoms with Crippen LogP contribution in [0.15, 0.2) is 0 Å². The molecule has 1 aliphatic carbocycles. The van der Waals surface area contributed by atoms with Crippen molar-refractivity contribution in [3.05, 3.63) is 0 Å². The van der Waals surface area contributed by atoms with Gasteiger partial charge in [-0.2, -0.15) is 0 Å². The summed E-state index contributed by atoms with van der Waals surface area (Å²) in [5.74, 6) is 0. The molecule has 1 heterocycles. The van der Waals surface area contributed by atoms with E-state index in [2.05, 4.69) is 19.2 Å². The number of rotatable bonds is 2. The molecule has 2 aliphatic rings. The van der Waals surface area contributed by atoms with Gasteiger partial charge in [0.25, 0.3) is 0 Å². The summed E-state index contributed by atoms with van der Waals surface area (Å²) in [6.45, 7) is 6.59. The zero-order valence-electron chi connectivity index (χ0n) is 8.10. The molecule has 2 heteroatoms. The van der Waals surface area contributed by atoms with E-state index in [-0.39, 0.29) is 0 Å². The SMILES string of the molecule is CC1(C)CCC(NC2COC2)C1. The van der Waals surface area contributed by atoms with Crippen LogP contribution in [0.4, 0.5) is 0 Å². The normalized spacial score (nSPS) is 35.0. The van der Waals surface area contributed by atoms with Crippen molar-refractivity contribution in [3.63, 3.8) is 0 Å². The first-order chi connectivity index (χ1) is 5.66. The molecule has 0 spiro atoms. The lowest BCUT2D eigenvalue weighted by atomic mass is 9.92. The predicted octanol–water partition coefficient (Wildman–Crippen LogP) is 1.55. The molecule has 2 rings (SSSR count). The molecule has 0 amide bonds. The molecule has 1 unspecified atom stereocenters. The number of ether oxygens (including phenoxy) is 1. The fourth-order valence-electron chi connectivity index (χ4n) is 2.24. The van der Waals surface area contributed by atoms with Gasteiger partial charge in [0.2, 0.25) is 0 Å². The minimum absolute atomic E-state index is 0.572. The van der Waals surface area contributed by atoms with Gasteiger partial charge >= 0.3 is 0 Å². The van der Waals surface area contributed by atoms with Crippen molar-refractivity contribution in [2.45, 2.75) is 45.2 Å². The van der Waals surface area contributed by atoms with E-state index in [4.69, 9.17) is 4.74 Å². The van der Waals surface area contributed by atoms with Crippen LogP contribution in [0.1, 0.15) is 33.1 Å². The summed E-state index contributed by atoms with van der Waals surface area (Å²) in [5.41, 5.74) is 0.572. The molecule has 0 bridgehead atoms. The molecule has 1 saturated carbocycles. The van der Waals surface area contributed by atoms with Crippen LogP contribution in [0.5, 0.6) is 0 Å². The van der Waals surface area contributed by atoms with E-state index in [1.165, 1.54) is 19.3 Å². The quantitative estimate of drug-likeness (QED) is 0.677. The maximum Gasteiger partial charge on any atom is 0.0643 e. The van der Waals surface area contributed by atoms with Gasteiger partial charge < -0.3 is 10.1 Å². The van der Waals surface area contributed by atoms with Crippen molar-refractivity contribution in [3.8, 4) is 0 Å². The Morgan fingerprint density at radius 2 is 2.00 bits per heavy atom. The van der Waals surface area contributed by atoms with E-state index in [9.17, 15) is 0 Å². The Hall–Kier alpha value is -0.0800. The fraction of sp³-hybridized carbons (Fsp3) is 1.00. The van der Waals surface area contributed by atoms with Gasteiger partial charge in [0, 0.05) is 6.04 Å². The Bertz CT molecular complexity index is 163. The van der Waals surface area contributed by atoms with Crippen molar-refractivity contribution in [2.24, 2.45) is 5.41 Å². The first kappa shape index (κ1) is 8.52. The van der Waals surface area contributed by atoms with Crippen LogP contribution in [-0.2, 0) is 4.74 Å². The number of hydrogen-bond donors (Lipinski definition) is 1. The molecule has 0 aromatic rings. The maximum absolute atomic E-state index is 5.13. The number of hydrogen-bond acceptors (Lipinski definition) is 2. The van der Waals surface area contributed by atoms with E-state index >= 15 is 0 Å². The first-order valence-corrected chi connectivity index (χ1v) is 4.99. The lowest BCUT2D eigenvalue weighted by Crippen LogP contribution is -2.49. The highest BCUT2D eigenvalue weighted by Crippen LogP contribution is 2.37. The summed E-state index contributed by atoms with van der Waals surface area (Å²) < 4.78 is 5.13. The molecular formula is C10H19NO. The van der Waals surface area contributed by atoms with Gasteiger partial charge in [0.05, 0.1) is 19.3 Å². The van der Waals surface area contributed by atoms with Gasteiger partial charge in [-0.25, -0.2) is 0 Å². The lowest BCUT2D eigenvalue weighted by molar-refractivity contribution is -0.0101. The summed E-state index contributed by atoms with van der Waals surface area (Å²) >= 11 is 0. The van der Waals surface area contributed by atoms with Crippen molar-refractivity contribution in [2.75, 3.05) is 13.2 Å². The monoisotopic (exact) mass is 169 g/mol. The van der Waals surface area contributed by atoms with E-state index in [1.807, 2.05) is 0 Å². The number of nitrogens with one attached hydrogen (secondary N) is 1. The van der Waals surface area contributed by atoms with Crippen LogP contribution >= 0.6 is 0 Å². The van der Waals surface area contributed by atoms with E-state index in [0.717, 1.165) is 19.3 Å². The van der Waals surface area contributed by atoms with Crippen LogP contribution in [0.2, 0.25) is 0 Å². The third kappa shape index (κ3) is 1.80. The van der Waals surface area contributed by atoms with Crippen LogP contribution in [0.25, 0.3) is 0 Å². The van der Waals surface area contributed by atoms with Gasteiger partial charge in [-0.05, 0) is 24.7 Å². The molecule has 1 aliphatic heterocycles. The Kier molecular flexibility index (Phi) is 2.13. The zero-order valence-corrected chi connectivity index (χ0v) is 8.10. The third-order valence-electron chi connectivity index (χ3n) is 3.08. The lowest BCUT2D eigenvalue weighted by Gasteiger charge is -2.30. The summed E-state index contributed by atoms with van der Waals surface area (Å²) in [4.78, 5) is 0. The van der Waals surface area contributed by atoms with Gasteiger partial charge in [0.1, 0.15) is 0 Å². The third-order valence-corrected chi connectivity index (χ3v) is 3.08. The Labute approximate surface area is 74.7 Å². The summed E-state index contributed by atoms with van der Waals surface area (Å²) in [5, 5.41) is 3.65. The van der Waals surface area contributed by atoms with Crippen molar-refractivity contribution < 1.29 is 4.74 Å². The Morgan fingerprint density at radius 1 is 1.25 bits per heavy atom. The van der Waals surface area contributed by atoms with Crippen LogP contribution in [0, 0.1) is 5.41 Å². The molecule has 1 N–H and O–H groups in total. The second-order valence-electron chi connectivity index (χ2n) is 5.00. The predicted molar refractivity (Wildman–Crippen MR) is 49.2 cm³/mol. The molecule has 2 nitrogen and oxygen atoms in total. The van der Waals surface area contributed by atoms with E-state index in [0.29, 0.717) is 11.5 Å². The summed E-state index contributed by atoms with van der Waals surface area (Å²) in [6, 6.07) is 1.41. The topological polar surface area (TPSA) is 21.3 Å².